The Bertz CT molecular complexity index is 1230. The Morgan fingerprint density at radius 1 is 0.829 bits per heavy atom. The molecule has 176 valence electrons. The summed E-state index contributed by atoms with van der Waals surface area (Å²) in [5.41, 5.74) is 6.61. The fraction of sp³-hybridized carbons (Fsp3) is 0.161. The van der Waals surface area contributed by atoms with E-state index >= 15 is 0 Å². The number of nitrogens with one attached hydrogen (secondary N) is 1. The first-order chi connectivity index (χ1) is 17.0. The molecule has 1 saturated heterocycles. The molecule has 4 rings (SSSR count). The van der Waals surface area contributed by atoms with Crippen molar-refractivity contribution in [1.82, 2.24) is 4.90 Å². The summed E-state index contributed by atoms with van der Waals surface area (Å²) in [6, 6.07) is 25.7. The number of benzene rings is 3. The number of carbonyl (C=O) groups is 2. The van der Waals surface area contributed by atoms with E-state index in [-0.39, 0.29) is 11.7 Å². The van der Waals surface area contributed by atoms with Crippen LogP contribution in [0.3, 0.4) is 0 Å². The van der Waals surface area contributed by atoms with Crippen molar-refractivity contribution in [3.05, 3.63) is 124 Å². The Labute approximate surface area is 207 Å². The third-order valence-corrected chi connectivity index (χ3v) is 6.06. The minimum absolute atomic E-state index is 0.0745. The van der Waals surface area contributed by atoms with Crippen molar-refractivity contribution in [3.8, 4) is 0 Å². The molecular weight excluding hydrogens is 432 g/mol. The molecule has 1 N–H and O–H groups in total. The van der Waals surface area contributed by atoms with Gasteiger partial charge in [-0.1, -0.05) is 72.8 Å². The number of piperidine rings is 1. The fourth-order valence-corrected chi connectivity index (χ4v) is 4.05. The molecule has 4 nitrogen and oxygen atoms in total. The molecule has 1 aliphatic rings. The lowest BCUT2D eigenvalue weighted by atomic mass is 9.94. The van der Waals surface area contributed by atoms with Crippen molar-refractivity contribution in [2.24, 2.45) is 0 Å². The fourth-order valence-electron chi connectivity index (χ4n) is 4.05. The van der Waals surface area contributed by atoms with E-state index in [1.807, 2.05) is 111 Å². The summed E-state index contributed by atoms with van der Waals surface area (Å²) >= 11 is 0. The van der Waals surface area contributed by atoms with Gasteiger partial charge in [0.15, 0.2) is 5.78 Å². The standard InChI is InChI=1S/C31H30N2O2/c1-23-15-16-29(18-24(23)2)32-30(34)14-9-17-33-21-27(19-25-10-5-3-6-11-25)31(35)28(22-33)20-26-12-7-4-8-13-26/h3-16,18-20H,17,21-22H2,1-2H3,(H,32,34)/b14-9-,27-19-,28-20+. The van der Waals surface area contributed by atoms with Crippen LogP contribution in [0.1, 0.15) is 22.3 Å². The maximum atomic E-state index is 13.3. The lowest BCUT2D eigenvalue weighted by molar-refractivity contribution is -0.113. The monoisotopic (exact) mass is 462 g/mol. The third kappa shape index (κ3) is 6.75. The van der Waals surface area contributed by atoms with Gasteiger partial charge in [0.25, 0.3) is 0 Å². The van der Waals surface area contributed by atoms with E-state index < -0.39 is 0 Å². The maximum absolute atomic E-state index is 13.3. The second-order valence-electron chi connectivity index (χ2n) is 8.85. The van der Waals surface area contributed by atoms with Gasteiger partial charge in [-0.25, -0.2) is 0 Å². The molecule has 1 heterocycles. The Kier molecular flexibility index (Phi) is 7.86. The Balaban J connectivity index is 1.49. The van der Waals surface area contributed by atoms with Crippen LogP contribution in [0.2, 0.25) is 0 Å². The average Bonchev–Trinajstić information content (AvgIpc) is 2.85. The molecule has 0 spiro atoms. The SMILES string of the molecule is Cc1ccc(NC(=O)/C=C\CN2C/C(=C/c3ccccc3)C(=O)/C(=C/c3ccccc3)C2)cc1C. The van der Waals surface area contributed by atoms with Crippen molar-refractivity contribution in [2.45, 2.75) is 13.8 Å². The maximum Gasteiger partial charge on any atom is 0.248 e. The molecule has 0 bridgehead atoms. The second kappa shape index (κ2) is 11.4. The third-order valence-electron chi connectivity index (χ3n) is 6.06. The Morgan fingerprint density at radius 2 is 1.40 bits per heavy atom. The van der Waals surface area contributed by atoms with Gasteiger partial charge < -0.3 is 5.32 Å². The van der Waals surface area contributed by atoms with E-state index in [9.17, 15) is 9.59 Å². The molecule has 35 heavy (non-hydrogen) atoms. The van der Waals surface area contributed by atoms with E-state index in [2.05, 4.69) is 10.2 Å². The van der Waals surface area contributed by atoms with E-state index in [0.29, 0.717) is 19.6 Å². The molecule has 3 aromatic carbocycles. The molecule has 1 fully saturated rings. The molecule has 0 atom stereocenters. The average molecular weight is 463 g/mol. The molecule has 3 aromatic rings. The number of aryl methyl sites for hydroxylation is 2. The first-order valence-corrected chi connectivity index (χ1v) is 11.8. The number of nitrogens with zero attached hydrogens (tertiary/aromatic N) is 1. The van der Waals surface area contributed by atoms with Crippen LogP contribution < -0.4 is 5.32 Å². The topological polar surface area (TPSA) is 49.4 Å². The summed E-state index contributed by atoms with van der Waals surface area (Å²) < 4.78 is 0. The van der Waals surface area contributed by atoms with E-state index in [0.717, 1.165) is 33.5 Å². The molecule has 1 amide bonds. The quantitative estimate of drug-likeness (QED) is 0.468. The molecule has 0 aliphatic carbocycles. The van der Waals surface area contributed by atoms with Gasteiger partial charge in [0.2, 0.25) is 5.91 Å². The van der Waals surface area contributed by atoms with Gasteiger partial charge in [0.1, 0.15) is 0 Å². The summed E-state index contributed by atoms with van der Waals surface area (Å²) in [5.74, 6) is -0.0909. The minimum atomic E-state index is -0.165. The van der Waals surface area contributed by atoms with Gasteiger partial charge in [0.05, 0.1) is 0 Å². The van der Waals surface area contributed by atoms with Gasteiger partial charge in [-0.2, -0.15) is 0 Å². The van der Waals surface area contributed by atoms with Crippen LogP contribution in [-0.4, -0.2) is 36.2 Å². The lowest BCUT2D eigenvalue weighted by Crippen LogP contribution is -2.37. The van der Waals surface area contributed by atoms with Crippen LogP contribution >= 0.6 is 0 Å². The summed E-state index contributed by atoms with van der Waals surface area (Å²) in [7, 11) is 0. The van der Waals surface area contributed by atoms with Crippen molar-refractivity contribution in [2.75, 3.05) is 25.0 Å². The summed E-state index contributed by atoms with van der Waals surface area (Å²) in [6.07, 6.45) is 7.34. The summed E-state index contributed by atoms with van der Waals surface area (Å²) in [4.78, 5) is 27.9. The van der Waals surface area contributed by atoms with Crippen LogP contribution in [0.5, 0.6) is 0 Å². The number of amides is 1. The first kappa shape index (κ1) is 24.1. The number of hydrogen-bond donors (Lipinski definition) is 1. The van der Waals surface area contributed by atoms with Gasteiger partial charge in [-0.15, -0.1) is 0 Å². The van der Waals surface area contributed by atoms with Crippen LogP contribution in [0, 0.1) is 13.8 Å². The number of carbonyl (C=O) groups excluding carboxylic acids is 2. The number of hydrogen-bond acceptors (Lipinski definition) is 3. The van der Waals surface area contributed by atoms with Crippen molar-refractivity contribution >= 4 is 29.5 Å². The molecule has 0 radical (unpaired) electrons. The smallest absolute Gasteiger partial charge is 0.248 e. The van der Waals surface area contributed by atoms with Crippen molar-refractivity contribution in [3.63, 3.8) is 0 Å². The van der Waals surface area contributed by atoms with Gasteiger partial charge >= 0.3 is 0 Å². The lowest BCUT2D eigenvalue weighted by Gasteiger charge is -2.29. The van der Waals surface area contributed by atoms with Gasteiger partial charge in [-0.05, 0) is 60.4 Å². The Morgan fingerprint density at radius 3 is 1.94 bits per heavy atom. The van der Waals surface area contributed by atoms with Crippen LogP contribution in [-0.2, 0) is 9.59 Å². The van der Waals surface area contributed by atoms with Crippen molar-refractivity contribution < 1.29 is 9.59 Å². The number of likely N-dealkylation sites (tertiary alicyclic amines) is 1. The van der Waals surface area contributed by atoms with Gasteiger partial charge in [-0.3, -0.25) is 14.5 Å². The van der Waals surface area contributed by atoms with Crippen LogP contribution in [0.4, 0.5) is 5.69 Å². The number of anilines is 1. The van der Waals surface area contributed by atoms with Gasteiger partial charge in [0, 0.05) is 42.5 Å². The number of ketones is 1. The molecule has 0 aromatic heterocycles. The van der Waals surface area contributed by atoms with E-state index in [4.69, 9.17) is 0 Å². The normalized spacial score (nSPS) is 16.8. The second-order valence-corrected chi connectivity index (χ2v) is 8.85. The number of rotatable bonds is 6. The summed E-state index contributed by atoms with van der Waals surface area (Å²) in [5, 5.41) is 2.92. The predicted octanol–water partition coefficient (Wildman–Crippen LogP) is 5.85. The highest BCUT2D eigenvalue weighted by molar-refractivity contribution is 6.14. The molecule has 1 aliphatic heterocycles. The predicted molar refractivity (Wildman–Crippen MR) is 144 cm³/mol. The van der Waals surface area contributed by atoms with Crippen LogP contribution in [0.15, 0.2) is 102 Å². The zero-order chi connectivity index (χ0) is 24.6. The molecule has 0 saturated carbocycles. The first-order valence-electron chi connectivity index (χ1n) is 11.8. The highest BCUT2D eigenvalue weighted by Gasteiger charge is 2.25. The zero-order valence-electron chi connectivity index (χ0n) is 20.2. The minimum Gasteiger partial charge on any atom is -0.323 e. The number of Topliss-reactive ketones (excluding diaryl/α,β-unsaturated/α-hetero) is 1. The zero-order valence-corrected chi connectivity index (χ0v) is 20.2. The summed E-state index contributed by atoms with van der Waals surface area (Å²) in [6.45, 7) is 5.70. The largest absolute Gasteiger partial charge is 0.323 e. The highest BCUT2D eigenvalue weighted by atomic mass is 16.1. The van der Waals surface area contributed by atoms with E-state index in [1.165, 1.54) is 5.56 Å². The Hall–Kier alpha value is -4.02. The highest BCUT2D eigenvalue weighted by Crippen LogP contribution is 2.22. The van der Waals surface area contributed by atoms with E-state index in [1.54, 1.807) is 6.08 Å². The molecule has 4 heteroatoms. The molecule has 0 unspecified atom stereocenters. The molecular formula is C31H30N2O2. The van der Waals surface area contributed by atoms with Crippen LogP contribution in [0.25, 0.3) is 12.2 Å². The van der Waals surface area contributed by atoms with Crippen molar-refractivity contribution in [1.29, 1.82) is 0 Å².